The Morgan fingerprint density at radius 1 is 1.12 bits per heavy atom. The standard InChI is InChI=1S/C23H20F4N2O3/c1-14(30)12-29-13-16(6-9-21(29)32)20(31)11-18(22-19(24)3-2-10-28-22)15-4-7-17(8-5-15)23(25,26)27/h2-10,13-14,18,30H,11-12H2,1H3/t14-,18+/m1/s1. The van der Waals surface area contributed by atoms with Gasteiger partial charge in [-0.25, -0.2) is 4.39 Å². The molecule has 5 nitrogen and oxygen atoms in total. The van der Waals surface area contributed by atoms with Crippen molar-refractivity contribution >= 4 is 5.78 Å². The summed E-state index contributed by atoms with van der Waals surface area (Å²) in [5.74, 6) is -2.09. The van der Waals surface area contributed by atoms with Crippen LogP contribution in [-0.2, 0) is 12.7 Å². The van der Waals surface area contributed by atoms with Crippen LogP contribution in [0.15, 0.2) is 65.7 Å². The number of carbonyl (C=O) groups is 1. The van der Waals surface area contributed by atoms with E-state index in [1.54, 1.807) is 0 Å². The van der Waals surface area contributed by atoms with Crippen LogP contribution >= 0.6 is 0 Å². The van der Waals surface area contributed by atoms with Gasteiger partial charge in [-0.15, -0.1) is 0 Å². The van der Waals surface area contributed by atoms with Crippen molar-refractivity contribution < 1.29 is 27.5 Å². The number of aromatic nitrogens is 2. The second-order valence-electron chi connectivity index (χ2n) is 7.43. The first-order chi connectivity index (χ1) is 15.1. The van der Waals surface area contributed by atoms with Crippen LogP contribution in [0.2, 0.25) is 0 Å². The van der Waals surface area contributed by atoms with Gasteiger partial charge in [0.25, 0.3) is 5.56 Å². The molecule has 2 atom stereocenters. The second-order valence-corrected chi connectivity index (χ2v) is 7.43. The van der Waals surface area contributed by atoms with Crippen LogP contribution in [0.1, 0.15) is 46.4 Å². The zero-order valence-corrected chi connectivity index (χ0v) is 17.0. The van der Waals surface area contributed by atoms with E-state index in [4.69, 9.17) is 0 Å². The lowest BCUT2D eigenvalue weighted by Crippen LogP contribution is -2.25. The van der Waals surface area contributed by atoms with Gasteiger partial charge < -0.3 is 9.67 Å². The lowest BCUT2D eigenvalue weighted by Gasteiger charge is -2.18. The van der Waals surface area contributed by atoms with Gasteiger partial charge in [-0.2, -0.15) is 13.2 Å². The number of rotatable bonds is 7. The van der Waals surface area contributed by atoms with Crippen LogP contribution in [0.3, 0.4) is 0 Å². The number of hydrogen-bond acceptors (Lipinski definition) is 4. The van der Waals surface area contributed by atoms with Crippen LogP contribution in [0.25, 0.3) is 0 Å². The van der Waals surface area contributed by atoms with Crippen LogP contribution in [-0.4, -0.2) is 26.5 Å². The van der Waals surface area contributed by atoms with Gasteiger partial charge in [-0.1, -0.05) is 12.1 Å². The normalized spacial score (nSPS) is 13.6. The maximum absolute atomic E-state index is 14.5. The molecule has 32 heavy (non-hydrogen) atoms. The summed E-state index contributed by atoms with van der Waals surface area (Å²) in [6, 6.07) is 9.18. The number of halogens is 4. The molecule has 0 aliphatic carbocycles. The zero-order chi connectivity index (χ0) is 23.5. The number of alkyl halides is 3. The lowest BCUT2D eigenvalue weighted by molar-refractivity contribution is -0.137. The third kappa shape index (κ3) is 5.47. The minimum absolute atomic E-state index is 0.0167. The Morgan fingerprint density at radius 3 is 2.41 bits per heavy atom. The van der Waals surface area contributed by atoms with Crippen molar-refractivity contribution in [3.63, 3.8) is 0 Å². The van der Waals surface area contributed by atoms with E-state index in [9.17, 15) is 32.3 Å². The summed E-state index contributed by atoms with van der Waals surface area (Å²) in [6.07, 6.45) is -3.00. The highest BCUT2D eigenvalue weighted by molar-refractivity contribution is 5.96. The maximum atomic E-state index is 14.5. The molecule has 0 saturated carbocycles. The molecule has 0 saturated heterocycles. The van der Waals surface area contributed by atoms with Gasteiger partial charge >= 0.3 is 6.18 Å². The van der Waals surface area contributed by atoms with E-state index in [1.165, 1.54) is 54.2 Å². The van der Waals surface area contributed by atoms with Crippen LogP contribution in [0.4, 0.5) is 17.6 Å². The highest BCUT2D eigenvalue weighted by Crippen LogP contribution is 2.33. The Labute approximate surface area is 181 Å². The molecule has 2 heterocycles. The quantitative estimate of drug-likeness (QED) is 0.435. The summed E-state index contributed by atoms with van der Waals surface area (Å²) >= 11 is 0. The molecule has 1 aromatic carbocycles. The van der Waals surface area contributed by atoms with E-state index in [2.05, 4.69) is 4.98 Å². The predicted octanol–water partition coefficient (Wildman–Crippen LogP) is 4.19. The van der Waals surface area contributed by atoms with Gasteiger partial charge in [0.05, 0.1) is 23.9 Å². The molecule has 3 rings (SSSR count). The largest absolute Gasteiger partial charge is 0.416 e. The molecule has 0 bridgehead atoms. The third-order valence-electron chi connectivity index (χ3n) is 4.91. The fraction of sp³-hybridized carbons (Fsp3) is 0.261. The smallest absolute Gasteiger partial charge is 0.392 e. The number of benzene rings is 1. The first kappa shape index (κ1) is 23.3. The molecule has 0 radical (unpaired) electrons. The van der Waals surface area contributed by atoms with Crippen molar-refractivity contribution in [3.05, 3.63) is 99.5 Å². The third-order valence-corrected chi connectivity index (χ3v) is 4.91. The van der Waals surface area contributed by atoms with Crippen molar-refractivity contribution in [1.29, 1.82) is 0 Å². The van der Waals surface area contributed by atoms with E-state index in [-0.39, 0.29) is 24.2 Å². The first-order valence-electron chi connectivity index (χ1n) is 9.75. The van der Waals surface area contributed by atoms with E-state index >= 15 is 0 Å². The molecule has 3 aromatic rings. The molecule has 0 aliphatic heterocycles. The van der Waals surface area contributed by atoms with Gasteiger partial charge in [0.2, 0.25) is 0 Å². The number of carbonyl (C=O) groups excluding carboxylic acids is 1. The summed E-state index contributed by atoms with van der Waals surface area (Å²) in [4.78, 5) is 28.9. The molecule has 2 aromatic heterocycles. The minimum atomic E-state index is -4.53. The monoisotopic (exact) mass is 448 g/mol. The molecule has 0 unspecified atom stereocenters. The number of nitrogens with zero attached hydrogens (tertiary/aromatic N) is 2. The fourth-order valence-corrected chi connectivity index (χ4v) is 3.36. The summed E-state index contributed by atoms with van der Waals surface area (Å²) in [6.45, 7) is 1.47. The number of hydrogen-bond donors (Lipinski definition) is 1. The number of aliphatic hydroxyl groups is 1. The number of pyridine rings is 2. The average Bonchev–Trinajstić information content (AvgIpc) is 2.73. The summed E-state index contributed by atoms with van der Waals surface area (Å²) in [5, 5.41) is 9.54. The van der Waals surface area contributed by atoms with Crippen molar-refractivity contribution in [3.8, 4) is 0 Å². The second kappa shape index (κ2) is 9.44. The average molecular weight is 448 g/mol. The Kier molecular flexibility index (Phi) is 6.88. The van der Waals surface area contributed by atoms with Crippen molar-refractivity contribution in [2.75, 3.05) is 0 Å². The minimum Gasteiger partial charge on any atom is -0.392 e. The number of ketones is 1. The van der Waals surface area contributed by atoms with Gasteiger partial charge in [0.1, 0.15) is 5.82 Å². The molecule has 0 fully saturated rings. The SMILES string of the molecule is C[C@@H](O)Cn1cc(C(=O)C[C@@H](c2ccc(C(F)(F)F)cc2)c2ncccc2F)ccc1=O. The van der Waals surface area contributed by atoms with E-state index in [1.807, 2.05) is 0 Å². The highest BCUT2D eigenvalue weighted by atomic mass is 19.4. The Balaban J connectivity index is 1.98. The Morgan fingerprint density at radius 2 is 1.81 bits per heavy atom. The van der Waals surface area contributed by atoms with Gasteiger partial charge in [0, 0.05) is 36.4 Å². The molecular formula is C23H20F4N2O3. The van der Waals surface area contributed by atoms with Crippen LogP contribution < -0.4 is 5.56 Å². The molecule has 168 valence electrons. The topological polar surface area (TPSA) is 72.2 Å². The molecule has 0 spiro atoms. The van der Waals surface area contributed by atoms with E-state index in [0.717, 1.165) is 18.2 Å². The van der Waals surface area contributed by atoms with E-state index < -0.39 is 40.9 Å². The first-order valence-corrected chi connectivity index (χ1v) is 9.75. The van der Waals surface area contributed by atoms with E-state index in [0.29, 0.717) is 5.56 Å². The van der Waals surface area contributed by atoms with Gasteiger partial charge in [-0.05, 0) is 42.8 Å². The zero-order valence-electron chi connectivity index (χ0n) is 17.0. The number of aliphatic hydroxyl groups excluding tert-OH is 1. The Hall–Kier alpha value is -3.33. The van der Waals surface area contributed by atoms with Crippen molar-refractivity contribution in [2.45, 2.75) is 38.1 Å². The number of Topliss-reactive ketones (excluding diaryl/α,β-unsaturated/α-hetero) is 1. The molecular weight excluding hydrogens is 428 g/mol. The van der Waals surface area contributed by atoms with Gasteiger partial charge in [-0.3, -0.25) is 14.6 Å². The fourth-order valence-electron chi connectivity index (χ4n) is 3.36. The summed E-state index contributed by atoms with van der Waals surface area (Å²) < 4.78 is 54.5. The van der Waals surface area contributed by atoms with Crippen molar-refractivity contribution in [2.24, 2.45) is 0 Å². The van der Waals surface area contributed by atoms with Crippen molar-refractivity contribution in [1.82, 2.24) is 9.55 Å². The van der Waals surface area contributed by atoms with Crippen LogP contribution in [0, 0.1) is 5.82 Å². The summed E-state index contributed by atoms with van der Waals surface area (Å²) in [7, 11) is 0. The predicted molar refractivity (Wildman–Crippen MR) is 109 cm³/mol. The molecule has 0 amide bonds. The maximum Gasteiger partial charge on any atom is 0.416 e. The summed E-state index contributed by atoms with van der Waals surface area (Å²) in [5.41, 5.74) is -0.895. The lowest BCUT2D eigenvalue weighted by atomic mass is 9.88. The molecule has 1 N–H and O–H groups in total. The molecule has 9 heteroatoms. The Bertz CT molecular complexity index is 1150. The van der Waals surface area contributed by atoms with Crippen LogP contribution in [0.5, 0.6) is 0 Å². The van der Waals surface area contributed by atoms with Gasteiger partial charge in [0.15, 0.2) is 5.78 Å². The highest BCUT2D eigenvalue weighted by Gasteiger charge is 2.31. The molecule has 0 aliphatic rings.